The van der Waals surface area contributed by atoms with Gasteiger partial charge in [-0.2, -0.15) is 0 Å². The summed E-state index contributed by atoms with van der Waals surface area (Å²) in [5.41, 5.74) is -0.515. The molecule has 0 saturated heterocycles. The Morgan fingerprint density at radius 3 is 1.42 bits per heavy atom. The summed E-state index contributed by atoms with van der Waals surface area (Å²) in [7, 11) is 0. The van der Waals surface area contributed by atoms with E-state index in [9.17, 15) is 19.2 Å². The van der Waals surface area contributed by atoms with Crippen LogP contribution < -0.4 is 0 Å². The van der Waals surface area contributed by atoms with Crippen molar-refractivity contribution in [2.45, 2.75) is 84.2 Å². The number of hydrogen-bond donors (Lipinski definition) is 0. The number of rotatable bonds is 17. The zero-order valence-electron chi connectivity index (χ0n) is 27.0. The zero-order chi connectivity index (χ0) is 33.0. The van der Waals surface area contributed by atoms with Gasteiger partial charge in [-0.25, -0.2) is 9.59 Å². The lowest BCUT2D eigenvalue weighted by Gasteiger charge is -2.31. The molecule has 0 amide bonds. The van der Waals surface area contributed by atoms with Gasteiger partial charge in [0.1, 0.15) is 23.4 Å². The highest BCUT2D eigenvalue weighted by Crippen LogP contribution is 2.27. The Balaban J connectivity index is 1.58. The fourth-order valence-electron chi connectivity index (χ4n) is 4.81. The molecule has 3 aromatic rings. The molecule has 0 N–H and O–H groups in total. The summed E-state index contributed by atoms with van der Waals surface area (Å²) in [6, 6.07) is 23.9. The fraction of sp³-hybridized carbons (Fsp3) is 0.405. The van der Waals surface area contributed by atoms with Crippen molar-refractivity contribution in [3.05, 3.63) is 107 Å². The van der Waals surface area contributed by atoms with E-state index in [0.717, 1.165) is 0 Å². The van der Waals surface area contributed by atoms with E-state index in [2.05, 4.69) is 0 Å². The van der Waals surface area contributed by atoms with E-state index in [1.54, 1.807) is 93.6 Å². The summed E-state index contributed by atoms with van der Waals surface area (Å²) in [5, 5.41) is 0. The molecular formula is C37H44O8. The first-order valence-electron chi connectivity index (χ1n) is 15.5. The second kappa shape index (κ2) is 16.3. The molecule has 8 heteroatoms. The quantitative estimate of drug-likeness (QED) is 0.115. The smallest absolute Gasteiger partial charge is 0.338 e. The predicted molar refractivity (Wildman–Crippen MR) is 172 cm³/mol. The lowest BCUT2D eigenvalue weighted by molar-refractivity contribution is -0.0654. The van der Waals surface area contributed by atoms with Crippen LogP contribution in [0.15, 0.2) is 84.9 Å². The van der Waals surface area contributed by atoms with Gasteiger partial charge in [0, 0.05) is 11.1 Å². The molecule has 0 spiro atoms. The average Bonchev–Trinajstić information content (AvgIpc) is 3.08. The molecular weight excluding hydrogens is 572 g/mol. The molecule has 0 bridgehead atoms. The van der Waals surface area contributed by atoms with Gasteiger partial charge in [0.25, 0.3) is 0 Å². The van der Waals surface area contributed by atoms with Crippen LogP contribution in [0.25, 0.3) is 0 Å². The van der Waals surface area contributed by atoms with Crippen LogP contribution in [0.3, 0.4) is 0 Å². The molecule has 0 saturated carbocycles. The average molecular weight is 617 g/mol. The van der Waals surface area contributed by atoms with Crippen LogP contribution >= 0.6 is 0 Å². The van der Waals surface area contributed by atoms with Crippen LogP contribution in [-0.4, -0.2) is 60.1 Å². The van der Waals surface area contributed by atoms with Crippen LogP contribution in [0.2, 0.25) is 0 Å². The largest absolute Gasteiger partial charge is 0.457 e. The minimum Gasteiger partial charge on any atom is -0.457 e. The maximum Gasteiger partial charge on any atom is 0.338 e. The van der Waals surface area contributed by atoms with Crippen LogP contribution in [0.4, 0.5) is 0 Å². The predicted octanol–water partition coefficient (Wildman–Crippen LogP) is 7.30. The monoisotopic (exact) mass is 616 g/mol. The van der Waals surface area contributed by atoms with Gasteiger partial charge in [0.2, 0.25) is 0 Å². The molecule has 0 radical (unpaired) electrons. The summed E-state index contributed by atoms with van der Waals surface area (Å²) < 4.78 is 23.2. The summed E-state index contributed by atoms with van der Waals surface area (Å²) in [6.45, 7) is 10.9. The van der Waals surface area contributed by atoms with Gasteiger partial charge in [0.05, 0.1) is 24.3 Å². The highest BCUT2D eigenvalue weighted by molar-refractivity contribution is 6.03. The number of esters is 2. The third kappa shape index (κ3) is 9.19. The van der Waals surface area contributed by atoms with Crippen LogP contribution in [0.5, 0.6) is 0 Å². The van der Waals surface area contributed by atoms with Gasteiger partial charge in [-0.05, 0) is 64.3 Å². The van der Waals surface area contributed by atoms with Crippen molar-refractivity contribution in [3.8, 4) is 0 Å². The molecule has 0 aliphatic carbocycles. The van der Waals surface area contributed by atoms with Crippen molar-refractivity contribution in [1.82, 2.24) is 0 Å². The van der Waals surface area contributed by atoms with Crippen molar-refractivity contribution >= 4 is 23.5 Å². The van der Waals surface area contributed by atoms with Gasteiger partial charge >= 0.3 is 11.9 Å². The van der Waals surface area contributed by atoms with Crippen LogP contribution in [0.1, 0.15) is 102 Å². The van der Waals surface area contributed by atoms with Gasteiger partial charge in [-0.1, -0.05) is 81.4 Å². The first-order chi connectivity index (χ1) is 21.5. The first-order valence-corrected chi connectivity index (χ1v) is 15.5. The van der Waals surface area contributed by atoms with E-state index in [1.165, 1.54) is 0 Å². The summed E-state index contributed by atoms with van der Waals surface area (Å²) in [5.74, 6) is -1.38. The lowest BCUT2D eigenvalue weighted by atomic mass is 9.87. The van der Waals surface area contributed by atoms with Crippen molar-refractivity contribution < 1.29 is 38.1 Å². The first kappa shape index (κ1) is 35.3. The third-order valence-corrected chi connectivity index (χ3v) is 7.99. The minimum absolute atomic E-state index is 0.0389. The van der Waals surface area contributed by atoms with Crippen molar-refractivity contribution in [2.24, 2.45) is 0 Å². The molecule has 45 heavy (non-hydrogen) atoms. The van der Waals surface area contributed by atoms with E-state index in [0.29, 0.717) is 36.0 Å². The number of ketones is 2. The number of carbonyl (C=O) groups is 4. The standard InChI is InChI=1S/C37H44O8/c1-7-36(6,32(38)28-16-12-10-13-17-28)42-24-26(4)44-35(41)31-22-20-29(21-23-31)33(39)37(8-2,9-3)43-25-27(5)45-34(40)30-18-14-11-15-19-30/h10-23,26-27H,7-9,24-25H2,1-6H3. The van der Waals surface area contributed by atoms with Crippen molar-refractivity contribution in [3.63, 3.8) is 0 Å². The highest BCUT2D eigenvalue weighted by atomic mass is 16.6. The third-order valence-electron chi connectivity index (χ3n) is 7.99. The molecule has 3 aromatic carbocycles. The Morgan fingerprint density at radius 1 is 0.556 bits per heavy atom. The summed E-state index contributed by atoms with van der Waals surface area (Å²) >= 11 is 0. The number of Topliss-reactive ketones (excluding diaryl/α,β-unsaturated/α-hetero) is 2. The number of hydrogen-bond acceptors (Lipinski definition) is 8. The minimum atomic E-state index is -1.12. The number of benzene rings is 3. The van der Waals surface area contributed by atoms with Gasteiger partial charge in [-0.3, -0.25) is 9.59 Å². The Hall–Kier alpha value is -4.14. The Kier molecular flexibility index (Phi) is 12.8. The molecule has 3 rings (SSSR count). The van der Waals surface area contributed by atoms with E-state index in [4.69, 9.17) is 18.9 Å². The van der Waals surface area contributed by atoms with Gasteiger partial charge in [0.15, 0.2) is 11.6 Å². The fourth-order valence-corrected chi connectivity index (χ4v) is 4.81. The Morgan fingerprint density at radius 2 is 0.956 bits per heavy atom. The second-order valence-corrected chi connectivity index (χ2v) is 11.3. The molecule has 0 aliphatic rings. The number of ether oxygens (including phenoxy) is 4. The van der Waals surface area contributed by atoms with Gasteiger partial charge < -0.3 is 18.9 Å². The van der Waals surface area contributed by atoms with Gasteiger partial charge in [-0.15, -0.1) is 0 Å². The highest BCUT2D eigenvalue weighted by Gasteiger charge is 2.37. The summed E-state index contributed by atoms with van der Waals surface area (Å²) in [4.78, 5) is 51.9. The lowest BCUT2D eigenvalue weighted by Crippen LogP contribution is -2.42. The molecule has 0 fully saturated rings. The summed E-state index contributed by atoms with van der Waals surface area (Å²) in [6.07, 6.45) is 0.0825. The SMILES string of the molecule is CCC(C)(OCC(C)OC(=O)c1ccc(C(=O)C(CC)(CC)OCC(C)OC(=O)c2ccccc2)cc1)C(=O)c1ccccc1. The topological polar surface area (TPSA) is 105 Å². The van der Waals surface area contributed by atoms with E-state index in [-0.39, 0.29) is 30.3 Å². The van der Waals surface area contributed by atoms with Crippen molar-refractivity contribution in [2.75, 3.05) is 13.2 Å². The van der Waals surface area contributed by atoms with E-state index >= 15 is 0 Å². The number of carbonyl (C=O) groups excluding carboxylic acids is 4. The Bertz CT molecular complexity index is 1410. The van der Waals surface area contributed by atoms with Crippen LogP contribution in [0, 0.1) is 0 Å². The molecule has 3 atom stereocenters. The molecule has 240 valence electrons. The second-order valence-electron chi connectivity index (χ2n) is 11.3. The van der Waals surface area contributed by atoms with E-state index < -0.39 is 35.3 Å². The van der Waals surface area contributed by atoms with Crippen LogP contribution in [-0.2, 0) is 18.9 Å². The molecule has 0 aromatic heterocycles. The molecule has 0 aliphatic heterocycles. The maximum absolute atomic E-state index is 13.6. The molecule has 8 nitrogen and oxygen atoms in total. The van der Waals surface area contributed by atoms with Crippen molar-refractivity contribution in [1.29, 1.82) is 0 Å². The maximum atomic E-state index is 13.6. The van der Waals surface area contributed by atoms with E-state index in [1.807, 2.05) is 32.9 Å². The molecule has 3 unspecified atom stereocenters. The zero-order valence-corrected chi connectivity index (χ0v) is 27.0. The molecule has 0 heterocycles. The Labute approximate surface area is 266 Å². The normalized spacial score (nSPS) is 14.1.